The SMILES string of the molecule is CCCC(O)CN1CCN(c2nc(C)nc(CC)c2Cc2cccc(C)c2)CC1. The molecule has 0 bridgehead atoms. The van der Waals surface area contributed by atoms with Crippen molar-refractivity contribution in [2.24, 2.45) is 0 Å². The summed E-state index contributed by atoms with van der Waals surface area (Å²) in [5.41, 5.74) is 5.03. The van der Waals surface area contributed by atoms with Gasteiger partial charge in [0.05, 0.1) is 6.10 Å². The summed E-state index contributed by atoms with van der Waals surface area (Å²) in [6.07, 6.45) is 3.49. The maximum atomic E-state index is 10.1. The van der Waals surface area contributed by atoms with Gasteiger partial charge in [0.25, 0.3) is 0 Å². The lowest BCUT2D eigenvalue weighted by Gasteiger charge is -2.37. The van der Waals surface area contributed by atoms with Crippen molar-refractivity contribution in [3.05, 3.63) is 52.5 Å². The molecule has 0 spiro atoms. The number of hydrogen-bond donors (Lipinski definition) is 1. The fourth-order valence-electron chi connectivity index (χ4n) is 4.26. The fourth-order valence-corrected chi connectivity index (χ4v) is 4.26. The fraction of sp³-hybridized carbons (Fsp3) is 0.583. The first-order chi connectivity index (χ1) is 14.0. The molecule has 5 heteroatoms. The summed E-state index contributed by atoms with van der Waals surface area (Å²) in [6.45, 7) is 13.0. The van der Waals surface area contributed by atoms with E-state index >= 15 is 0 Å². The van der Waals surface area contributed by atoms with Gasteiger partial charge in [-0.1, -0.05) is 50.1 Å². The zero-order chi connectivity index (χ0) is 20.8. The number of hydrogen-bond acceptors (Lipinski definition) is 5. The molecule has 1 fully saturated rings. The highest BCUT2D eigenvalue weighted by Gasteiger charge is 2.23. The molecule has 5 nitrogen and oxygen atoms in total. The van der Waals surface area contributed by atoms with E-state index in [4.69, 9.17) is 9.97 Å². The van der Waals surface area contributed by atoms with Gasteiger partial charge < -0.3 is 10.0 Å². The number of aliphatic hydroxyl groups excluding tert-OH is 1. The number of aliphatic hydroxyl groups is 1. The monoisotopic (exact) mass is 396 g/mol. The minimum absolute atomic E-state index is 0.212. The molecule has 0 saturated carbocycles. The van der Waals surface area contributed by atoms with Crippen molar-refractivity contribution in [2.45, 2.75) is 59.5 Å². The number of aromatic nitrogens is 2. The van der Waals surface area contributed by atoms with Crippen LogP contribution in [0.15, 0.2) is 24.3 Å². The zero-order valence-corrected chi connectivity index (χ0v) is 18.5. The van der Waals surface area contributed by atoms with Crippen LogP contribution in [0.1, 0.15) is 54.9 Å². The van der Waals surface area contributed by atoms with E-state index < -0.39 is 0 Å². The molecule has 1 aliphatic rings. The molecule has 2 heterocycles. The van der Waals surface area contributed by atoms with Crippen molar-refractivity contribution in [1.29, 1.82) is 0 Å². The molecule has 1 atom stereocenters. The first-order valence-electron chi connectivity index (χ1n) is 11.1. The molecule has 158 valence electrons. The highest BCUT2D eigenvalue weighted by molar-refractivity contribution is 5.52. The highest BCUT2D eigenvalue weighted by atomic mass is 16.3. The van der Waals surface area contributed by atoms with E-state index in [1.165, 1.54) is 16.7 Å². The third-order valence-corrected chi connectivity index (χ3v) is 5.74. The van der Waals surface area contributed by atoms with Gasteiger partial charge in [0.2, 0.25) is 0 Å². The second-order valence-electron chi connectivity index (χ2n) is 8.27. The maximum absolute atomic E-state index is 10.1. The van der Waals surface area contributed by atoms with Crippen molar-refractivity contribution >= 4 is 5.82 Å². The van der Waals surface area contributed by atoms with Crippen LogP contribution in [0.3, 0.4) is 0 Å². The highest BCUT2D eigenvalue weighted by Crippen LogP contribution is 2.26. The number of rotatable bonds is 8. The summed E-state index contributed by atoms with van der Waals surface area (Å²) >= 11 is 0. The van der Waals surface area contributed by atoms with E-state index in [0.29, 0.717) is 0 Å². The molecule has 1 unspecified atom stereocenters. The minimum Gasteiger partial charge on any atom is -0.392 e. The van der Waals surface area contributed by atoms with Crippen LogP contribution >= 0.6 is 0 Å². The summed E-state index contributed by atoms with van der Waals surface area (Å²) in [5, 5.41) is 10.1. The normalized spacial score (nSPS) is 16.2. The largest absolute Gasteiger partial charge is 0.392 e. The van der Waals surface area contributed by atoms with Gasteiger partial charge in [0, 0.05) is 50.4 Å². The summed E-state index contributed by atoms with van der Waals surface area (Å²) in [5.74, 6) is 1.95. The second-order valence-corrected chi connectivity index (χ2v) is 8.27. The third-order valence-electron chi connectivity index (χ3n) is 5.74. The summed E-state index contributed by atoms with van der Waals surface area (Å²) in [4.78, 5) is 14.4. The van der Waals surface area contributed by atoms with Gasteiger partial charge >= 0.3 is 0 Å². The van der Waals surface area contributed by atoms with Crippen molar-refractivity contribution in [1.82, 2.24) is 14.9 Å². The first-order valence-corrected chi connectivity index (χ1v) is 11.1. The molecular formula is C24H36N4O. The maximum Gasteiger partial charge on any atom is 0.136 e. The van der Waals surface area contributed by atoms with Gasteiger partial charge in [0.1, 0.15) is 11.6 Å². The quantitative estimate of drug-likeness (QED) is 0.740. The lowest BCUT2D eigenvalue weighted by Crippen LogP contribution is -2.49. The molecule has 2 aromatic rings. The number of β-amino-alcohol motifs (C(OH)–C–C–N with tert-alkyl or cyclic N) is 1. The van der Waals surface area contributed by atoms with E-state index in [9.17, 15) is 5.11 Å². The van der Waals surface area contributed by atoms with Gasteiger partial charge in [-0.15, -0.1) is 0 Å². The molecular weight excluding hydrogens is 360 g/mol. The van der Waals surface area contributed by atoms with Gasteiger partial charge in [-0.3, -0.25) is 4.90 Å². The van der Waals surface area contributed by atoms with Crippen molar-refractivity contribution in [3.8, 4) is 0 Å². The number of nitrogens with zero attached hydrogens (tertiary/aromatic N) is 4. The predicted molar refractivity (Wildman–Crippen MR) is 120 cm³/mol. The topological polar surface area (TPSA) is 52.5 Å². The third kappa shape index (κ3) is 5.77. The Bertz CT molecular complexity index is 799. The molecule has 29 heavy (non-hydrogen) atoms. The number of anilines is 1. The standard InChI is InChI=1S/C24H36N4O/c1-5-8-21(29)17-27-11-13-28(14-12-27)24-22(23(6-2)25-19(4)26-24)16-20-10-7-9-18(3)15-20/h7,9-10,15,21,29H,5-6,8,11-14,16-17H2,1-4H3. The predicted octanol–water partition coefficient (Wildman–Crippen LogP) is 3.53. The lowest BCUT2D eigenvalue weighted by atomic mass is 10.0. The van der Waals surface area contributed by atoms with Crippen LogP contribution in [0.25, 0.3) is 0 Å². The van der Waals surface area contributed by atoms with Crippen LogP contribution in [-0.4, -0.2) is 58.8 Å². The molecule has 1 aromatic heterocycles. The van der Waals surface area contributed by atoms with Crippen LogP contribution in [-0.2, 0) is 12.8 Å². The second kappa shape index (κ2) is 10.2. The molecule has 1 aliphatic heterocycles. The lowest BCUT2D eigenvalue weighted by molar-refractivity contribution is 0.101. The van der Waals surface area contributed by atoms with Crippen LogP contribution in [0.5, 0.6) is 0 Å². The Balaban J connectivity index is 1.79. The Morgan fingerprint density at radius 2 is 1.83 bits per heavy atom. The molecule has 1 N–H and O–H groups in total. The average molecular weight is 397 g/mol. The smallest absolute Gasteiger partial charge is 0.136 e. The number of aryl methyl sites for hydroxylation is 3. The summed E-state index contributed by atoms with van der Waals surface area (Å²) in [6, 6.07) is 8.73. The van der Waals surface area contributed by atoms with E-state index in [1.807, 2.05) is 6.92 Å². The van der Waals surface area contributed by atoms with Crippen LogP contribution in [0, 0.1) is 13.8 Å². The number of benzene rings is 1. The molecule has 0 amide bonds. The minimum atomic E-state index is -0.212. The van der Waals surface area contributed by atoms with Crippen molar-refractivity contribution in [3.63, 3.8) is 0 Å². The molecule has 1 aromatic carbocycles. The first kappa shape index (κ1) is 21.7. The van der Waals surface area contributed by atoms with Crippen LogP contribution < -0.4 is 4.90 Å². The Hall–Kier alpha value is -1.98. The summed E-state index contributed by atoms with van der Waals surface area (Å²) < 4.78 is 0. The van der Waals surface area contributed by atoms with E-state index in [-0.39, 0.29) is 6.10 Å². The zero-order valence-electron chi connectivity index (χ0n) is 18.5. The average Bonchev–Trinajstić information content (AvgIpc) is 2.70. The Morgan fingerprint density at radius 3 is 2.48 bits per heavy atom. The van der Waals surface area contributed by atoms with E-state index in [0.717, 1.165) is 75.7 Å². The van der Waals surface area contributed by atoms with Crippen LogP contribution in [0.4, 0.5) is 5.82 Å². The Labute approximate surface area is 175 Å². The molecule has 0 radical (unpaired) electrons. The van der Waals surface area contributed by atoms with Gasteiger partial charge in [-0.25, -0.2) is 9.97 Å². The van der Waals surface area contributed by atoms with Gasteiger partial charge in [-0.05, 0) is 32.3 Å². The summed E-state index contributed by atoms with van der Waals surface area (Å²) in [7, 11) is 0. The molecule has 0 aliphatic carbocycles. The Morgan fingerprint density at radius 1 is 1.07 bits per heavy atom. The molecule has 3 rings (SSSR count). The van der Waals surface area contributed by atoms with Gasteiger partial charge in [-0.2, -0.15) is 0 Å². The van der Waals surface area contributed by atoms with Crippen LogP contribution in [0.2, 0.25) is 0 Å². The van der Waals surface area contributed by atoms with Crippen molar-refractivity contribution in [2.75, 3.05) is 37.6 Å². The van der Waals surface area contributed by atoms with E-state index in [1.54, 1.807) is 0 Å². The van der Waals surface area contributed by atoms with Crippen molar-refractivity contribution < 1.29 is 5.11 Å². The Kier molecular flexibility index (Phi) is 7.62. The van der Waals surface area contributed by atoms with Gasteiger partial charge in [0.15, 0.2) is 0 Å². The molecule has 1 saturated heterocycles. The number of piperazine rings is 1. The van der Waals surface area contributed by atoms with E-state index in [2.05, 4.69) is 54.8 Å².